The van der Waals surface area contributed by atoms with E-state index in [1.165, 1.54) is 4.90 Å². The Labute approximate surface area is 113 Å². The van der Waals surface area contributed by atoms with Crippen molar-refractivity contribution in [3.63, 3.8) is 0 Å². The Morgan fingerprint density at radius 3 is 2.37 bits per heavy atom. The predicted octanol–water partition coefficient (Wildman–Crippen LogP) is 1.54. The van der Waals surface area contributed by atoms with Gasteiger partial charge in [0, 0.05) is 18.2 Å². The Morgan fingerprint density at radius 2 is 1.89 bits per heavy atom. The number of hydrogen-bond donors (Lipinski definition) is 2. The molecule has 5 nitrogen and oxygen atoms in total. The highest BCUT2D eigenvalue weighted by Gasteiger charge is 2.20. The molecule has 5 heteroatoms. The zero-order valence-corrected chi connectivity index (χ0v) is 11.3. The summed E-state index contributed by atoms with van der Waals surface area (Å²) in [4.78, 5) is 24.3. The number of rotatable bonds is 6. The minimum Gasteiger partial charge on any atom is -0.480 e. The number of carbonyl (C=O) groups is 2. The molecule has 1 unspecified atom stereocenters. The normalized spacial score (nSPS) is 11.9. The molecule has 0 aliphatic heterocycles. The minimum absolute atomic E-state index is 0.150. The van der Waals surface area contributed by atoms with Crippen LogP contribution < -0.4 is 10.6 Å². The zero-order chi connectivity index (χ0) is 14.4. The van der Waals surface area contributed by atoms with E-state index in [1.54, 1.807) is 12.1 Å². The van der Waals surface area contributed by atoms with Gasteiger partial charge in [0.05, 0.1) is 0 Å². The minimum atomic E-state index is -1.04. The van der Waals surface area contributed by atoms with Gasteiger partial charge in [-0.05, 0) is 25.5 Å². The van der Waals surface area contributed by atoms with Crippen molar-refractivity contribution < 1.29 is 14.7 Å². The van der Waals surface area contributed by atoms with E-state index in [0.717, 1.165) is 5.56 Å². The van der Waals surface area contributed by atoms with E-state index in [0.29, 0.717) is 12.1 Å². The lowest BCUT2D eigenvalue weighted by atomic mass is 10.1. The summed E-state index contributed by atoms with van der Waals surface area (Å²) in [5, 5.41) is 8.91. The Bertz CT molecular complexity index is 443. The van der Waals surface area contributed by atoms with E-state index < -0.39 is 5.97 Å². The molecule has 104 valence electrons. The van der Waals surface area contributed by atoms with Crippen LogP contribution in [0.4, 0.5) is 5.69 Å². The molecule has 0 radical (unpaired) electrons. The quantitative estimate of drug-likeness (QED) is 0.816. The average Bonchev–Trinajstić information content (AvgIpc) is 2.36. The van der Waals surface area contributed by atoms with Crippen LogP contribution in [-0.4, -0.2) is 29.6 Å². The van der Waals surface area contributed by atoms with Crippen LogP contribution in [0.25, 0.3) is 0 Å². The van der Waals surface area contributed by atoms with Gasteiger partial charge in [0.25, 0.3) is 0 Å². The van der Waals surface area contributed by atoms with Gasteiger partial charge in [-0.1, -0.05) is 24.6 Å². The molecule has 1 aromatic carbocycles. The topological polar surface area (TPSA) is 83.6 Å². The van der Waals surface area contributed by atoms with Crippen molar-refractivity contribution in [2.45, 2.75) is 32.7 Å². The van der Waals surface area contributed by atoms with Gasteiger partial charge < -0.3 is 15.7 Å². The molecular formula is C14H20N2O3. The van der Waals surface area contributed by atoms with Crippen molar-refractivity contribution >= 4 is 17.6 Å². The number of aliphatic carboxylic acids is 1. The van der Waals surface area contributed by atoms with Crippen LogP contribution in [0, 0.1) is 6.92 Å². The molecule has 0 aliphatic rings. The summed E-state index contributed by atoms with van der Waals surface area (Å²) in [6.45, 7) is 3.48. The van der Waals surface area contributed by atoms with Gasteiger partial charge in [0.2, 0.25) is 5.91 Å². The molecule has 0 bridgehead atoms. The fourth-order valence-corrected chi connectivity index (χ4v) is 1.66. The Hall–Kier alpha value is -1.88. The number of hydrogen-bond acceptors (Lipinski definition) is 3. The van der Waals surface area contributed by atoms with E-state index in [4.69, 9.17) is 10.8 Å². The number of aryl methyl sites for hydroxylation is 1. The number of benzene rings is 1. The van der Waals surface area contributed by atoms with Gasteiger partial charge in [-0.25, -0.2) is 0 Å². The van der Waals surface area contributed by atoms with Crippen LogP contribution in [0.5, 0.6) is 0 Å². The van der Waals surface area contributed by atoms with Crippen molar-refractivity contribution in [1.82, 2.24) is 0 Å². The first-order valence-corrected chi connectivity index (χ1v) is 6.28. The molecular weight excluding hydrogens is 244 g/mol. The van der Waals surface area contributed by atoms with E-state index in [-0.39, 0.29) is 24.9 Å². The van der Waals surface area contributed by atoms with Crippen LogP contribution in [-0.2, 0) is 9.59 Å². The Morgan fingerprint density at radius 1 is 1.32 bits per heavy atom. The van der Waals surface area contributed by atoms with Gasteiger partial charge in [0.1, 0.15) is 6.54 Å². The zero-order valence-electron chi connectivity index (χ0n) is 11.3. The molecule has 1 aromatic rings. The third-order valence-electron chi connectivity index (χ3n) is 2.90. The van der Waals surface area contributed by atoms with E-state index in [9.17, 15) is 9.59 Å². The van der Waals surface area contributed by atoms with Crippen molar-refractivity contribution in [1.29, 1.82) is 0 Å². The number of anilines is 1. The molecule has 1 atom stereocenters. The highest BCUT2D eigenvalue weighted by molar-refractivity contribution is 5.97. The van der Waals surface area contributed by atoms with Crippen LogP contribution in [0.15, 0.2) is 24.3 Å². The standard InChI is InChI=1S/C14H20N2O3/c1-3-11(15)8-13(17)16(9-14(18)19)12-6-4-10(2)5-7-12/h4-7,11H,3,8-9,15H2,1-2H3,(H,18,19). The van der Waals surface area contributed by atoms with Gasteiger partial charge in [0.15, 0.2) is 0 Å². The first-order valence-electron chi connectivity index (χ1n) is 6.28. The maximum Gasteiger partial charge on any atom is 0.323 e. The molecule has 0 heterocycles. The number of carbonyl (C=O) groups excluding carboxylic acids is 1. The molecule has 0 fully saturated rings. The third-order valence-corrected chi connectivity index (χ3v) is 2.90. The number of nitrogens with two attached hydrogens (primary N) is 1. The van der Waals surface area contributed by atoms with Crippen molar-refractivity contribution in [2.24, 2.45) is 5.73 Å². The maximum atomic E-state index is 12.1. The first kappa shape index (κ1) is 15.2. The van der Waals surface area contributed by atoms with Crippen LogP contribution in [0.2, 0.25) is 0 Å². The molecule has 0 saturated carbocycles. The number of amides is 1. The molecule has 1 rings (SSSR count). The highest BCUT2D eigenvalue weighted by atomic mass is 16.4. The van der Waals surface area contributed by atoms with Crippen molar-refractivity contribution in [3.8, 4) is 0 Å². The molecule has 19 heavy (non-hydrogen) atoms. The number of nitrogens with zero attached hydrogens (tertiary/aromatic N) is 1. The number of carboxylic acids is 1. The van der Waals surface area contributed by atoms with Crippen LogP contribution >= 0.6 is 0 Å². The maximum absolute atomic E-state index is 12.1. The molecule has 0 saturated heterocycles. The SMILES string of the molecule is CCC(N)CC(=O)N(CC(=O)O)c1ccc(C)cc1. The predicted molar refractivity (Wildman–Crippen MR) is 74.1 cm³/mol. The Balaban J connectivity index is 2.91. The second kappa shape index (κ2) is 6.89. The third kappa shape index (κ3) is 4.71. The van der Waals surface area contributed by atoms with Crippen LogP contribution in [0.3, 0.4) is 0 Å². The molecule has 0 aromatic heterocycles. The monoisotopic (exact) mass is 264 g/mol. The van der Waals surface area contributed by atoms with Crippen molar-refractivity contribution in [2.75, 3.05) is 11.4 Å². The van der Waals surface area contributed by atoms with E-state index in [2.05, 4.69) is 0 Å². The lowest BCUT2D eigenvalue weighted by molar-refractivity contribution is -0.136. The van der Waals surface area contributed by atoms with Gasteiger partial charge >= 0.3 is 5.97 Å². The van der Waals surface area contributed by atoms with Gasteiger partial charge in [-0.3, -0.25) is 9.59 Å². The average molecular weight is 264 g/mol. The van der Waals surface area contributed by atoms with E-state index >= 15 is 0 Å². The smallest absolute Gasteiger partial charge is 0.323 e. The molecule has 3 N–H and O–H groups in total. The van der Waals surface area contributed by atoms with Crippen molar-refractivity contribution in [3.05, 3.63) is 29.8 Å². The second-order valence-electron chi connectivity index (χ2n) is 4.58. The summed E-state index contributed by atoms with van der Waals surface area (Å²) in [5.41, 5.74) is 7.39. The molecule has 0 spiro atoms. The lowest BCUT2D eigenvalue weighted by Gasteiger charge is -2.22. The Kier molecular flexibility index (Phi) is 5.51. The second-order valence-corrected chi connectivity index (χ2v) is 4.58. The first-order chi connectivity index (χ1) is 8.93. The summed E-state index contributed by atoms with van der Waals surface area (Å²) in [6.07, 6.45) is 0.832. The summed E-state index contributed by atoms with van der Waals surface area (Å²) in [5.74, 6) is -1.31. The highest BCUT2D eigenvalue weighted by Crippen LogP contribution is 2.16. The summed E-state index contributed by atoms with van der Waals surface area (Å²) < 4.78 is 0. The van der Waals surface area contributed by atoms with E-state index in [1.807, 2.05) is 26.0 Å². The fraction of sp³-hybridized carbons (Fsp3) is 0.429. The molecule has 1 amide bonds. The lowest BCUT2D eigenvalue weighted by Crippen LogP contribution is -2.39. The van der Waals surface area contributed by atoms with Gasteiger partial charge in [-0.2, -0.15) is 0 Å². The fourth-order valence-electron chi connectivity index (χ4n) is 1.66. The molecule has 0 aliphatic carbocycles. The van der Waals surface area contributed by atoms with Crippen LogP contribution in [0.1, 0.15) is 25.3 Å². The summed E-state index contributed by atoms with van der Waals surface area (Å²) in [6, 6.07) is 6.93. The summed E-state index contributed by atoms with van der Waals surface area (Å²) in [7, 11) is 0. The largest absolute Gasteiger partial charge is 0.480 e. The number of carboxylic acid groups (broad SMARTS) is 1. The van der Waals surface area contributed by atoms with Gasteiger partial charge in [-0.15, -0.1) is 0 Å². The summed E-state index contributed by atoms with van der Waals surface area (Å²) >= 11 is 0.